The van der Waals surface area contributed by atoms with Gasteiger partial charge in [0.2, 0.25) is 11.8 Å². The summed E-state index contributed by atoms with van der Waals surface area (Å²) in [7, 11) is 0. The molecular formula is C19H17IN2O4S. The van der Waals surface area contributed by atoms with E-state index in [0.29, 0.717) is 5.69 Å². The zero-order chi connectivity index (χ0) is 19.8. The van der Waals surface area contributed by atoms with Crippen LogP contribution in [-0.4, -0.2) is 28.1 Å². The number of rotatable bonds is 7. The van der Waals surface area contributed by atoms with Crippen LogP contribution in [0.15, 0.2) is 65.6 Å². The van der Waals surface area contributed by atoms with Crippen LogP contribution in [0.3, 0.4) is 0 Å². The Bertz CT molecular complexity index is 868. The number of anilines is 2. The van der Waals surface area contributed by atoms with Crippen LogP contribution in [-0.2, 0) is 14.4 Å². The lowest BCUT2D eigenvalue weighted by Gasteiger charge is -2.13. The highest BCUT2D eigenvalue weighted by Crippen LogP contribution is 2.26. The number of benzene rings is 2. The minimum Gasteiger partial charge on any atom is -0.478 e. The van der Waals surface area contributed by atoms with Gasteiger partial charge in [-0.1, -0.05) is 6.07 Å². The molecule has 0 saturated heterocycles. The van der Waals surface area contributed by atoms with Crippen molar-refractivity contribution in [1.29, 1.82) is 0 Å². The van der Waals surface area contributed by atoms with Crippen molar-refractivity contribution in [2.75, 3.05) is 10.6 Å². The molecule has 140 valence electrons. The molecule has 0 spiro atoms. The third-order valence-corrected chi connectivity index (χ3v) is 5.09. The van der Waals surface area contributed by atoms with Gasteiger partial charge in [0.1, 0.15) is 0 Å². The van der Waals surface area contributed by atoms with Crippen molar-refractivity contribution < 1.29 is 19.5 Å². The number of nitrogens with one attached hydrogen (secondary N) is 2. The summed E-state index contributed by atoms with van der Waals surface area (Å²) in [6, 6.07) is 14.5. The Morgan fingerprint density at radius 1 is 1.04 bits per heavy atom. The molecule has 0 bridgehead atoms. The summed E-state index contributed by atoms with van der Waals surface area (Å²) in [5.41, 5.74) is 1.25. The number of thioether (sulfide) groups is 1. The summed E-state index contributed by atoms with van der Waals surface area (Å²) < 4.78 is 1.09. The first kappa shape index (κ1) is 21.0. The van der Waals surface area contributed by atoms with Gasteiger partial charge in [0.05, 0.1) is 5.25 Å². The van der Waals surface area contributed by atoms with E-state index in [-0.39, 0.29) is 11.2 Å². The molecule has 2 aromatic carbocycles. The van der Waals surface area contributed by atoms with Crippen molar-refractivity contribution in [3.05, 3.63) is 64.3 Å². The quantitative estimate of drug-likeness (QED) is 0.306. The standard InChI is InChI=1S/C19H17IN2O4S/c1-12(19(26)22-14-7-5-13(20)6-8-14)27-16-4-2-3-15(11-16)21-17(23)9-10-18(24)25/h2-12H,1H3,(H,21,23)(H,22,26)(H,24,25)/b10-9+. The van der Waals surface area contributed by atoms with Gasteiger partial charge in [-0.15, -0.1) is 11.8 Å². The van der Waals surface area contributed by atoms with Gasteiger partial charge in [0.25, 0.3) is 0 Å². The van der Waals surface area contributed by atoms with E-state index in [4.69, 9.17) is 5.11 Å². The average molecular weight is 496 g/mol. The third-order valence-electron chi connectivity index (χ3n) is 3.27. The zero-order valence-corrected chi connectivity index (χ0v) is 17.3. The number of carbonyl (C=O) groups excluding carboxylic acids is 2. The molecule has 1 unspecified atom stereocenters. The van der Waals surface area contributed by atoms with Crippen molar-refractivity contribution in [1.82, 2.24) is 0 Å². The molecule has 2 rings (SSSR count). The summed E-state index contributed by atoms with van der Waals surface area (Å²) in [6.07, 6.45) is 1.71. The van der Waals surface area contributed by atoms with Crippen molar-refractivity contribution in [3.63, 3.8) is 0 Å². The van der Waals surface area contributed by atoms with E-state index in [0.717, 1.165) is 26.3 Å². The zero-order valence-electron chi connectivity index (χ0n) is 14.3. The van der Waals surface area contributed by atoms with Gasteiger partial charge in [0, 0.05) is 32.0 Å². The molecular weight excluding hydrogens is 479 g/mol. The summed E-state index contributed by atoms with van der Waals surface area (Å²) in [4.78, 5) is 35.2. The maximum atomic E-state index is 12.3. The van der Waals surface area contributed by atoms with E-state index >= 15 is 0 Å². The van der Waals surface area contributed by atoms with E-state index in [2.05, 4.69) is 33.2 Å². The molecule has 0 heterocycles. The average Bonchev–Trinajstić information content (AvgIpc) is 2.62. The Morgan fingerprint density at radius 2 is 1.74 bits per heavy atom. The number of carboxylic acid groups (broad SMARTS) is 1. The Kier molecular flexibility index (Phi) is 7.86. The number of amides is 2. The monoisotopic (exact) mass is 496 g/mol. The largest absolute Gasteiger partial charge is 0.478 e. The summed E-state index contributed by atoms with van der Waals surface area (Å²) in [6.45, 7) is 1.80. The SMILES string of the molecule is CC(Sc1cccc(NC(=O)/C=C/C(=O)O)c1)C(=O)Nc1ccc(I)cc1. The third kappa shape index (κ3) is 7.43. The van der Waals surface area contributed by atoms with E-state index in [1.807, 2.05) is 30.3 Å². The van der Waals surface area contributed by atoms with Crippen LogP contribution in [0, 0.1) is 3.57 Å². The van der Waals surface area contributed by atoms with Crippen LogP contribution in [0.1, 0.15) is 6.92 Å². The lowest BCUT2D eigenvalue weighted by atomic mass is 10.3. The molecule has 0 aliphatic rings. The molecule has 0 saturated carbocycles. The highest BCUT2D eigenvalue weighted by Gasteiger charge is 2.15. The van der Waals surface area contributed by atoms with E-state index in [1.165, 1.54) is 11.8 Å². The fourth-order valence-electron chi connectivity index (χ4n) is 2.01. The maximum absolute atomic E-state index is 12.3. The van der Waals surface area contributed by atoms with E-state index < -0.39 is 11.9 Å². The number of halogens is 1. The van der Waals surface area contributed by atoms with Gasteiger partial charge in [-0.25, -0.2) is 4.79 Å². The molecule has 0 aliphatic carbocycles. The summed E-state index contributed by atoms with van der Waals surface area (Å²) in [5, 5.41) is 13.6. The second-order valence-corrected chi connectivity index (χ2v) is 8.10. The van der Waals surface area contributed by atoms with Crippen molar-refractivity contribution >= 4 is 63.5 Å². The van der Waals surface area contributed by atoms with Crippen LogP contribution in [0.5, 0.6) is 0 Å². The van der Waals surface area contributed by atoms with Crippen molar-refractivity contribution in [2.45, 2.75) is 17.1 Å². The number of aliphatic carboxylic acids is 1. The van der Waals surface area contributed by atoms with Gasteiger partial charge < -0.3 is 15.7 Å². The topological polar surface area (TPSA) is 95.5 Å². The Balaban J connectivity index is 1.96. The molecule has 1 atom stereocenters. The fraction of sp³-hybridized carbons (Fsp3) is 0.105. The minimum absolute atomic E-state index is 0.125. The predicted molar refractivity (Wildman–Crippen MR) is 115 cm³/mol. The maximum Gasteiger partial charge on any atom is 0.328 e. The van der Waals surface area contributed by atoms with Crippen LogP contribution in [0.25, 0.3) is 0 Å². The minimum atomic E-state index is -1.19. The smallest absolute Gasteiger partial charge is 0.328 e. The number of carboxylic acids is 1. The van der Waals surface area contributed by atoms with Crippen molar-refractivity contribution in [3.8, 4) is 0 Å². The summed E-state index contributed by atoms with van der Waals surface area (Å²) >= 11 is 3.55. The number of carbonyl (C=O) groups is 3. The molecule has 3 N–H and O–H groups in total. The first-order chi connectivity index (χ1) is 12.8. The highest BCUT2D eigenvalue weighted by atomic mass is 127. The lowest BCUT2D eigenvalue weighted by molar-refractivity contribution is -0.131. The van der Waals surface area contributed by atoms with Crippen LogP contribution < -0.4 is 10.6 Å². The predicted octanol–water partition coefficient (Wildman–Crippen LogP) is 3.99. The van der Waals surface area contributed by atoms with Crippen LogP contribution >= 0.6 is 34.4 Å². The molecule has 27 heavy (non-hydrogen) atoms. The van der Waals surface area contributed by atoms with Crippen molar-refractivity contribution in [2.24, 2.45) is 0 Å². The molecule has 0 aromatic heterocycles. The van der Waals surface area contributed by atoms with E-state index in [1.54, 1.807) is 25.1 Å². The van der Waals surface area contributed by atoms with Crippen LogP contribution in [0.2, 0.25) is 0 Å². The molecule has 0 radical (unpaired) electrons. The van der Waals surface area contributed by atoms with E-state index in [9.17, 15) is 14.4 Å². The first-order valence-corrected chi connectivity index (χ1v) is 9.84. The molecule has 0 fully saturated rings. The molecule has 8 heteroatoms. The Morgan fingerprint density at radius 3 is 2.41 bits per heavy atom. The second kappa shape index (κ2) is 10.1. The van der Waals surface area contributed by atoms with Gasteiger partial charge in [-0.3, -0.25) is 9.59 Å². The van der Waals surface area contributed by atoms with Gasteiger partial charge in [-0.05, 0) is 72.0 Å². The Hall–Kier alpha value is -2.33. The molecule has 0 aliphatic heterocycles. The molecule has 6 nitrogen and oxygen atoms in total. The summed E-state index contributed by atoms with van der Waals surface area (Å²) in [5.74, 6) is -1.86. The Labute approximate surface area is 174 Å². The van der Waals surface area contributed by atoms with Gasteiger partial charge in [0.15, 0.2) is 0 Å². The molecule has 2 amide bonds. The second-order valence-electron chi connectivity index (χ2n) is 5.44. The fourth-order valence-corrected chi connectivity index (χ4v) is 3.30. The highest BCUT2D eigenvalue weighted by molar-refractivity contribution is 14.1. The first-order valence-electron chi connectivity index (χ1n) is 7.88. The normalized spacial score (nSPS) is 11.8. The van der Waals surface area contributed by atoms with Crippen LogP contribution in [0.4, 0.5) is 11.4 Å². The number of hydrogen-bond acceptors (Lipinski definition) is 4. The number of hydrogen-bond donors (Lipinski definition) is 3. The lowest BCUT2D eigenvalue weighted by Crippen LogP contribution is -2.22. The molecule has 2 aromatic rings. The van der Waals surface area contributed by atoms with Gasteiger partial charge in [-0.2, -0.15) is 0 Å². The van der Waals surface area contributed by atoms with Gasteiger partial charge >= 0.3 is 5.97 Å².